The van der Waals surface area contributed by atoms with Crippen molar-refractivity contribution in [3.05, 3.63) is 18.1 Å². The summed E-state index contributed by atoms with van der Waals surface area (Å²) < 4.78 is 48.8. The lowest BCUT2D eigenvalue weighted by molar-refractivity contribution is -0.262. The number of likely N-dealkylation sites (tertiary alicyclic amines) is 1. The number of carbonyl (C=O) groups is 1. The van der Waals surface area contributed by atoms with E-state index in [1.54, 1.807) is 22.6 Å². The number of amides is 1. The van der Waals surface area contributed by atoms with Crippen molar-refractivity contribution in [2.45, 2.75) is 45.1 Å². The summed E-state index contributed by atoms with van der Waals surface area (Å²) in [6.45, 7) is 5.99. The third kappa shape index (κ3) is 3.17. The summed E-state index contributed by atoms with van der Waals surface area (Å²) in [5.74, 6) is 0.190. The van der Waals surface area contributed by atoms with Crippen LogP contribution >= 0.6 is 0 Å². The minimum absolute atomic E-state index is 0.0338. The van der Waals surface area contributed by atoms with Gasteiger partial charge in [0.05, 0.1) is 36.8 Å². The highest BCUT2D eigenvalue weighted by Crippen LogP contribution is 2.42. The Morgan fingerprint density at radius 1 is 1.31 bits per heavy atom. The first-order valence-electron chi connectivity index (χ1n) is 9.32. The lowest BCUT2D eigenvalue weighted by Crippen LogP contribution is -2.51. The number of aromatic nitrogens is 4. The van der Waals surface area contributed by atoms with E-state index in [-0.39, 0.29) is 17.9 Å². The number of fused-ring (bicyclic) bond motifs is 3. The zero-order valence-electron chi connectivity index (χ0n) is 16.3. The van der Waals surface area contributed by atoms with Crippen LogP contribution in [-0.2, 0) is 16.9 Å². The molecule has 1 saturated heterocycles. The zero-order valence-corrected chi connectivity index (χ0v) is 16.3. The quantitative estimate of drug-likeness (QED) is 0.828. The van der Waals surface area contributed by atoms with Gasteiger partial charge in [-0.05, 0) is 13.8 Å². The Morgan fingerprint density at radius 2 is 2.00 bits per heavy atom. The summed E-state index contributed by atoms with van der Waals surface area (Å²) in [6.07, 6.45) is -3.53. The average Bonchev–Trinajstić information content (AvgIpc) is 3.16. The van der Waals surface area contributed by atoms with Gasteiger partial charge in [-0.15, -0.1) is 5.10 Å². The maximum absolute atomic E-state index is 13.3. The summed E-state index contributed by atoms with van der Waals surface area (Å²) in [7, 11) is 0. The second kappa shape index (κ2) is 6.48. The van der Waals surface area contributed by atoms with Crippen LogP contribution in [0.2, 0.25) is 0 Å². The monoisotopic (exact) mass is 413 g/mol. The molecule has 1 fully saturated rings. The van der Waals surface area contributed by atoms with E-state index in [1.807, 2.05) is 0 Å². The van der Waals surface area contributed by atoms with Crippen molar-refractivity contribution in [2.75, 3.05) is 19.7 Å². The van der Waals surface area contributed by atoms with Crippen molar-refractivity contribution in [1.29, 1.82) is 0 Å². The van der Waals surface area contributed by atoms with E-state index < -0.39 is 17.6 Å². The molecule has 0 radical (unpaired) electrons. The Balaban J connectivity index is 1.55. The number of hydrogen-bond donors (Lipinski definition) is 1. The predicted octanol–water partition coefficient (Wildman–Crippen LogP) is 1.95. The SMILES string of the molecule is CC(=O)N1CC(COc2cc3n(n2)C[C@H](C)n2c-3cnc2C(C)(O)C(F)(F)F)C1. The fraction of sp³-hybridized carbons (Fsp3) is 0.611. The van der Waals surface area contributed by atoms with Gasteiger partial charge in [0.2, 0.25) is 17.4 Å². The highest BCUT2D eigenvalue weighted by Gasteiger charge is 2.55. The first-order valence-corrected chi connectivity index (χ1v) is 9.32. The lowest BCUT2D eigenvalue weighted by Gasteiger charge is -2.38. The van der Waals surface area contributed by atoms with Gasteiger partial charge in [-0.25, -0.2) is 4.98 Å². The van der Waals surface area contributed by atoms with Crippen molar-refractivity contribution in [3.8, 4) is 17.3 Å². The Kier molecular flexibility index (Phi) is 4.41. The summed E-state index contributed by atoms with van der Waals surface area (Å²) in [5.41, 5.74) is -2.04. The second-order valence-electron chi connectivity index (χ2n) is 7.91. The molecule has 158 valence electrons. The molecule has 1 unspecified atom stereocenters. The Hall–Kier alpha value is -2.56. The normalized spacial score (nSPS) is 21.2. The van der Waals surface area contributed by atoms with Crippen LogP contribution in [0, 0.1) is 5.92 Å². The van der Waals surface area contributed by atoms with Crippen LogP contribution in [-0.4, -0.2) is 61.1 Å². The van der Waals surface area contributed by atoms with Crippen molar-refractivity contribution >= 4 is 5.91 Å². The van der Waals surface area contributed by atoms with Gasteiger partial charge in [0, 0.05) is 32.0 Å². The molecule has 8 nitrogen and oxygen atoms in total. The molecule has 0 aromatic carbocycles. The minimum Gasteiger partial charge on any atom is -0.476 e. The number of halogens is 3. The fourth-order valence-electron chi connectivity index (χ4n) is 3.76. The van der Waals surface area contributed by atoms with Crippen LogP contribution in [0.4, 0.5) is 13.2 Å². The third-order valence-corrected chi connectivity index (χ3v) is 5.55. The van der Waals surface area contributed by atoms with Gasteiger partial charge in [-0.2, -0.15) is 13.2 Å². The van der Waals surface area contributed by atoms with Crippen molar-refractivity contribution < 1.29 is 27.8 Å². The van der Waals surface area contributed by atoms with Crippen LogP contribution in [0.5, 0.6) is 5.88 Å². The number of rotatable bonds is 4. The van der Waals surface area contributed by atoms with E-state index in [9.17, 15) is 23.1 Å². The highest BCUT2D eigenvalue weighted by atomic mass is 19.4. The van der Waals surface area contributed by atoms with E-state index in [2.05, 4.69) is 10.1 Å². The van der Waals surface area contributed by atoms with Crippen LogP contribution in [0.3, 0.4) is 0 Å². The van der Waals surface area contributed by atoms with Gasteiger partial charge in [0.25, 0.3) is 0 Å². The molecule has 11 heteroatoms. The largest absolute Gasteiger partial charge is 0.476 e. The van der Waals surface area contributed by atoms with Gasteiger partial charge in [0.1, 0.15) is 0 Å². The van der Waals surface area contributed by atoms with Crippen molar-refractivity contribution in [1.82, 2.24) is 24.2 Å². The molecule has 4 heterocycles. The van der Waals surface area contributed by atoms with E-state index in [1.165, 1.54) is 17.7 Å². The van der Waals surface area contributed by atoms with Gasteiger partial charge in [0.15, 0.2) is 5.82 Å². The standard InChI is InChI=1S/C18H22F3N5O3/c1-10-6-25-13(4-15(23-25)29-9-12-7-24(8-12)11(2)27)14-5-22-16(26(10)14)17(3,28)18(19,20)21/h4-5,10,12,28H,6-9H2,1-3H3/t10-,17?/m0/s1. The summed E-state index contributed by atoms with van der Waals surface area (Å²) in [4.78, 5) is 16.8. The number of hydrogen-bond acceptors (Lipinski definition) is 5. The van der Waals surface area contributed by atoms with Gasteiger partial charge in [-0.1, -0.05) is 0 Å². The maximum atomic E-state index is 13.3. The van der Waals surface area contributed by atoms with E-state index in [0.29, 0.717) is 50.4 Å². The zero-order chi connectivity index (χ0) is 21.1. The molecule has 4 rings (SSSR count). The molecular formula is C18H22F3N5O3. The second-order valence-corrected chi connectivity index (χ2v) is 7.91. The molecule has 1 N–H and O–H groups in total. The van der Waals surface area contributed by atoms with Gasteiger partial charge in [-0.3, -0.25) is 9.48 Å². The van der Waals surface area contributed by atoms with E-state index in [4.69, 9.17) is 4.74 Å². The maximum Gasteiger partial charge on any atom is 0.424 e. The molecule has 0 saturated carbocycles. The molecular weight excluding hydrogens is 391 g/mol. The Labute approximate surface area is 164 Å². The molecule has 2 aromatic heterocycles. The number of imidazole rings is 1. The third-order valence-electron chi connectivity index (χ3n) is 5.55. The van der Waals surface area contributed by atoms with Crippen LogP contribution in [0.1, 0.15) is 32.6 Å². The number of carbonyl (C=O) groups excluding carboxylic acids is 1. The fourth-order valence-corrected chi connectivity index (χ4v) is 3.76. The molecule has 0 aliphatic carbocycles. The van der Waals surface area contributed by atoms with Crippen molar-refractivity contribution in [2.24, 2.45) is 5.92 Å². The molecule has 29 heavy (non-hydrogen) atoms. The van der Waals surface area contributed by atoms with E-state index in [0.717, 1.165) is 0 Å². The molecule has 2 aromatic rings. The smallest absolute Gasteiger partial charge is 0.424 e. The minimum atomic E-state index is -4.85. The first-order chi connectivity index (χ1) is 13.5. The van der Waals surface area contributed by atoms with Gasteiger partial charge >= 0.3 is 6.18 Å². The molecule has 0 bridgehead atoms. The van der Waals surface area contributed by atoms with Crippen LogP contribution in [0.15, 0.2) is 12.3 Å². The average molecular weight is 413 g/mol. The topological polar surface area (TPSA) is 85.4 Å². The van der Waals surface area contributed by atoms with Crippen LogP contribution in [0.25, 0.3) is 11.4 Å². The lowest BCUT2D eigenvalue weighted by atomic mass is 10.0. The molecule has 0 spiro atoms. The molecule has 1 amide bonds. The Bertz CT molecular complexity index is 943. The summed E-state index contributed by atoms with van der Waals surface area (Å²) in [5, 5.41) is 14.5. The summed E-state index contributed by atoms with van der Waals surface area (Å²) >= 11 is 0. The van der Waals surface area contributed by atoms with Crippen LogP contribution < -0.4 is 4.74 Å². The van der Waals surface area contributed by atoms with Gasteiger partial charge < -0.3 is 19.3 Å². The molecule has 2 aliphatic rings. The molecule has 2 atom stereocenters. The summed E-state index contributed by atoms with van der Waals surface area (Å²) in [6, 6.07) is 1.28. The highest BCUT2D eigenvalue weighted by molar-refractivity contribution is 5.74. The van der Waals surface area contributed by atoms with E-state index >= 15 is 0 Å². The number of nitrogens with zero attached hydrogens (tertiary/aromatic N) is 5. The Morgan fingerprint density at radius 3 is 2.62 bits per heavy atom. The number of ether oxygens (including phenoxy) is 1. The molecule has 2 aliphatic heterocycles. The van der Waals surface area contributed by atoms with Crippen molar-refractivity contribution in [3.63, 3.8) is 0 Å². The first kappa shape index (κ1) is 19.7. The predicted molar refractivity (Wildman–Crippen MR) is 95.0 cm³/mol. The number of aliphatic hydroxyl groups is 1. The number of alkyl halides is 3.